The highest BCUT2D eigenvalue weighted by atomic mass is 35.5. The van der Waals surface area contributed by atoms with Gasteiger partial charge in [-0.3, -0.25) is 4.79 Å². The Bertz CT molecular complexity index is 411. The van der Waals surface area contributed by atoms with Gasteiger partial charge in [-0.15, -0.1) is 12.4 Å². The van der Waals surface area contributed by atoms with Crippen LogP contribution in [-0.4, -0.2) is 28.9 Å². The third-order valence-electron chi connectivity index (χ3n) is 3.78. The maximum absolute atomic E-state index is 12.2. The minimum Gasteiger partial charge on any atom is -0.397 e. The molecular weight excluding hydrogens is 262 g/mol. The van der Waals surface area contributed by atoms with Crippen LogP contribution < -0.4 is 5.73 Å². The summed E-state index contributed by atoms with van der Waals surface area (Å²) < 4.78 is 0. The maximum atomic E-state index is 12.2. The Morgan fingerprint density at radius 1 is 1.37 bits per heavy atom. The van der Waals surface area contributed by atoms with Gasteiger partial charge in [-0.25, -0.2) is 4.98 Å². The fraction of sp³-hybridized carbons (Fsp3) is 0.571. The number of halogens is 1. The van der Waals surface area contributed by atoms with Crippen molar-refractivity contribution < 1.29 is 4.79 Å². The lowest BCUT2D eigenvalue weighted by molar-refractivity contribution is 0.0662. The summed E-state index contributed by atoms with van der Waals surface area (Å²) in [5.41, 5.74) is 6.65. The molecule has 1 saturated heterocycles. The van der Waals surface area contributed by atoms with Crippen LogP contribution in [0, 0.1) is 11.8 Å². The summed E-state index contributed by atoms with van der Waals surface area (Å²) in [6.07, 6.45) is 3.73. The second-order valence-corrected chi connectivity index (χ2v) is 5.35. The monoisotopic (exact) mass is 283 g/mol. The van der Waals surface area contributed by atoms with Crippen LogP contribution in [-0.2, 0) is 0 Å². The molecule has 1 aliphatic heterocycles. The first kappa shape index (κ1) is 15.8. The average Bonchev–Trinajstić information content (AvgIpc) is 2.39. The molecule has 0 aromatic carbocycles. The number of hydrogen-bond acceptors (Lipinski definition) is 3. The molecule has 1 fully saturated rings. The minimum absolute atomic E-state index is 0. The van der Waals surface area contributed by atoms with Crippen molar-refractivity contribution in [2.45, 2.75) is 26.7 Å². The van der Waals surface area contributed by atoms with Gasteiger partial charge in [0.15, 0.2) is 0 Å². The molecule has 0 unspecified atom stereocenters. The zero-order valence-corrected chi connectivity index (χ0v) is 12.3. The summed E-state index contributed by atoms with van der Waals surface area (Å²) in [5, 5.41) is 0. The Kier molecular flexibility index (Phi) is 5.60. The molecular formula is C14H22ClN3O. The molecule has 0 radical (unpaired) electrons. The van der Waals surface area contributed by atoms with E-state index >= 15 is 0 Å². The zero-order valence-electron chi connectivity index (χ0n) is 11.5. The highest BCUT2D eigenvalue weighted by Gasteiger charge is 2.25. The van der Waals surface area contributed by atoms with Crippen molar-refractivity contribution in [3.05, 3.63) is 24.0 Å². The van der Waals surface area contributed by atoms with E-state index in [1.54, 1.807) is 12.1 Å². The largest absolute Gasteiger partial charge is 0.397 e. The van der Waals surface area contributed by atoms with Crippen molar-refractivity contribution in [2.24, 2.45) is 11.8 Å². The normalized spacial score (nSPS) is 16.3. The van der Waals surface area contributed by atoms with Crippen LogP contribution >= 0.6 is 12.4 Å². The summed E-state index contributed by atoms with van der Waals surface area (Å²) in [5.74, 6) is 1.47. The summed E-state index contributed by atoms with van der Waals surface area (Å²) in [4.78, 5) is 18.2. The van der Waals surface area contributed by atoms with Crippen molar-refractivity contribution >= 4 is 24.0 Å². The Hall–Kier alpha value is -1.29. The fourth-order valence-corrected chi connectivity index (χ4v) is 2.46. The fourth-order valence-electron chi connectivity index (χ4n) is 2.46. The number of rotatable bonds is 2. The molecule has 1 aromatic rings. The molecule has 0 atom stereocenters. The van der Waals surface area contributed by atoms with E-state index in [4.69, 9.17) is 5.73 Å². The average molecular weight is 284 g/mol. The second-order valence-electron chi connectivity index (χ2n) is 5.35. The third-order valence-corrected chi connectivity index (χ3v) is 3.78. The number of hydrogen-bond donors (Lipinski definition) is 1. The molecule has 5 heteroatoms. The number of amides is 1. The number of aromatic nitrogens is 1. The van der Waals surface area contributed by atoms with Gasteiger partial charge in [0, 0.05) is 13.1 Å². The Labute approximate surface area is 120 Å². The van der Waals surface area contributed by atoms with Crippen LogP contribution in [0.2, 0.25) is 0 Å². The summed E-state index contributed by atoms with van der Waals surface area (Å²) >= 11 is 0. The molecule has 2 heterocycles. The van der Waals surface area contributed by atoms with Crippen LogP contribution in [0.15, 0.2) is 18.3 Å². The summed E-state index contributed by atoms with van der Waals surface area (Å²) in [6.45, 7) is 6.19. The topological polar surface area (TPSA) is 59.2 Å². The highest BCUT2D eigenvalue weighted by molar-refractivity contribution is 5.92. The molecule has 0 saturated carbocycles. The number of pyridine rings is 1. The molecule has 1 aliphatic rings. The van der Waals surface area contributed by atoms with Gasteiger partial charge in [0.1, 0.15) is 5.69 Å². The van der Waals surface area contributed by atoms with E-state index in [0.29, 0.717) is 17.3 Å². The first-order chi connectivity index (χ1) is 8.58. The van der Waals surface area contributed by atoms with E-state index < -0.39 is 0 Å². The number of nitrogens with two attached hydrogens (primary N) is 1. The number of carbonyl (C=O) groups excluding carboxylic acids is 1. The molecule has 1 aromatic heterocycles. The number of likely N-dealkylation sites (tertiary alicyclic amines) is 1. The molecule has 0 bridgehead atoms. The molecule has 19 heavy (non-hydrogen) atoms. The van der Waals surface area contributed by atoms with E-state index in [-0.39, 0.29) is 18.3 Å². The van der Waals surface area contributed by atoms with Gasteiger partial charge in [0.2, 0.25) is 0 Å². The van der Waals surface area contributed by atoms with E-state index in [1.165, 1.54) is 6.20 Å². The van der Waals surface area contributed by atoms with Crippen LogP contribution in [0.1, 0.15) is 37.2 Å². The van der Waals surface area contributed by atoms with Gasteiger partial charge in [-0.1, -0.05) is 13.8 Å². The second kappa shape index (κ2) is 6.75. The lowest BCUT2D eigenvalue weighted by atomic mass is 9.86. The molecule has 2 rings (SSSR count). The smallest absolute Gasteiger partial charge is 0.272 e. The summed E-state index contributed by atoms with van der Waals surface area (Å²) in [7, 11) is 0. The van der Waals surface area contributed by atoms with Crippen molar-refractivity contribution in [3.63, 3.8) is 0 Å². The van der Waals surface area contributed by atoms with Crippen LogP contribution in [0.25, 0.3) is 0 Å². The number of anilines is 1. The van der Waals surface area contributed by atoms with Crippen molar-refractivity contribution in [2.75, 3.05) is 18.8 Å². The lowest BCUT2D eigenvalue weighted by Gasteiger charge is -2.33. The number of piperidine rings is 1. The van der Waals surface area contributed by atoms with Crippen molar-refractivity contribution in [1.82, 2.24) is 9.88 Å². The van der Waals surface area contributed by atoms with Crippen molar-refractivity contribution in [3.8, 4) is 0 Å². The Morgan fingerprint density at radius 3 is 2.47 bits per heavy atom. The van der Waals surface area contributed by atoms with Gasteiger partial charge in [-0.05, 0) is 36.8 Å². The molecule has 4 nitrogen and oxygen atoms in total. The zero-order chi connectivity index (χ0) is 13.1. The highest BCUT2D eigenvalue weighted by Crippen LogP contribution is 2.25. The molecule has 2 N–H and O–H groups in total. The minimum atomic E-state index is 0. The first-order valence-electron chi connectivity index (χ1n) is 6.58. The third kappa shape index (κ3) is 3.83. The van der Waals surface area contributed by atoms with E-state index in [2.05, 4.69) is 18.8 Å². The van der Waals surface area contributed by atoms with Gasteiger partial charge in [0.05, 0.1) is 11.9 Å². The quantitative estimate of drug-likeness (QED) is 0.907. The van der Waals surface area contributed by atoms with E-state index in [9.17, 15) is 4.79 Å². The standard InChI is InChI=1S/C14H21N3O.ClH/c1-10(2)11-5-7-17(8-6-11)14(18)13-4-3-12(15)9-16-13;/h3-4,9-11H,5-8,15H2,1-2H3;1H. The van der Waals surface area contributed by atoms with Gasteiger partial charge >= 0.3 is 0 Å². The molecule has 1 amide bonds. The number of carbonyl (C=O) groups is 1. The van der Waals surface area contributed by atoms with E-state index in [1.807, 2.05) is 4.90 Å². The van der Waals surface area contributed by atoms with Crippen LogP contribution in [0.3, 0.4) is 0 Å². The number of nitrogen functional groups attached to an aromatic ring is 1. The van der Waals surface area contributed by atoms with Gasteiger partial charge in [-0.2, -0.15) is 0 Å². The molecule has 0 spiro atoms. The predicted octanol–water partition coefficient (Wildman–Crippen LogP) is 2.59. The van der Waals surface area contributed by atoms with Crippen LogP contribution in [0.4, 0.5) is 5.69 Å². The van der Waals surface area contributed by atoms with Gasteiger partial charge in [0.25, 0.3) is 5.91 Å². The van der Waals surface area contributed by atoms with Crippen LogP contribution in [0.5, 0.6) is 0 Å². The number of nitrogens with zero attached hydrogens (tertiary/aromatic N) is 2. The molecule has 106 valence electrons. The Morgan fingerprint density at radius 2 is 2.00 bits per heavy atom. The predicted molar refractivity (Wildman–Crippen MR) is 79.4 cm³/mol. The van der Waals surface area contributed by atoms with Crippen molar-refractivity contribution in [1.29, 1.82) is 0 Å². The van der Waals surface area contributed by atoms with Gasteiger partial charge < -0.3 is 10.6 Å². The summed E-state index contributed by atoms with van der Waals surface area (Å²) in [6, 6.07) is 3.42. The Balaban J connectivity index is 0.00000180. The molecule has 0 aliphatic carbocycles. The maximum Gasteiger partial charge on any atom is 0.272 e. The SMILES string of the molecule is CC(C)C1CCN(C(=O)c2ccc(N)cn2)CC1.Cl. The first-order valence-corrected chi connectivity index (χ1v) is 6.58. The van der Waals surface area contributed by atoms with E-state index in [0.717, 1.165) is 31.8 Å². The lowest BCUT2D eigenvalue weighted by Crippen LogP contribution is -2.39.